The molecule has 0 saturated carbocycles. The number of hydrogen-bond acceptors (Lipinski definition) is 6. The Balaban J connectivity index is 2.60. The Bertz CT molecular complexity index is 675. The van der Waals surface area contributed by atoms with E-state index < -0.39 is 19.9 Å². The van der Waals surface area contributed by atoms with Crippen molar-refractivity contribution in [3.63, 3.8) is 0 Å². The summed E-state index contributed by atoms with van der Waals surface area (Å²) in [6.45, 7) is 6.17. The van der Waals surface area contributed by atoms with E-state index in [-0.39, 0.29) is 25.3 Å². The molecule has 158 valence electrons. The van der Waals surface area contributed by atoms with E-state index in [0.29, 0.717) is 17.6 Å². The summed E-state index contributed by atoms with van der Waals surface area (Å²) in [6.07, 6.45) is -0.855. The number of nitrogens with zero attached hydrogens (tertiary/aromatic N) is 1. The van der Waals surface area contributed by atoms with Gasteiger partial charge in [-0.25, -0.2) is 9.36 Å². The van der Waals surface area contributed by atoms with Crippen LogP contribution in [0.1, 0.15) is 12.5 Å². The van der Waals surface area contributed by atoms with Gasteiger partial charge in [-0.15, -0.1) is 0 Å². The van der Waals surface area contributed by atoms with Crippen molar-refractivity contribution in [1.82, 2.24) is 5.32 Å². The Morgan fingerprint density at radius 1 is 1.29 bits per heavy atom. The summed E-state index contributed by atoms with van der Waals surface area (Å²) in [7, 11) is 1.54. The van der Waals surface area contributed by atoms with Crippen LogP contribution < -0.4 is 5.32 Å². The molecule has 0 radical (unpaired) electrons. The van der Waals surface area contributed by atoms with E-state index in [1.54, 1.807) is 0 Å². The molecular weight excluding hydrogens is 383 g/mol. The van der Waals surface area contributed by atoms with Crippen molar-refractivity contribution in [3.05, 3.63) is 48.0 Å². The van der Waals surface area contributed by atoms with Gasteiger partial charge in [0, 0.05) is 18.7 Å². The van der Waals surface area contributed by atoms with Crippen molar-refractivity contribution in [2.45, 2.75) is 19.6 Å². The summed E-state index contributed by atoms with van der Waals surface area (Å²) in [5, 5.41) is 3.13. The molecule has 0 bridgehead atoms. The number of hydrogen-bond donors (Lipinski definition) is 2. The van der Waals surface area contributed by atoms with Crippen LogP contribution in [0.15, 0.2) is 42.5 Å². The minimum Gasteiger partial charge on any atom is -0.460 e. The van der Waals surface area contributed by atoms with Crippen molar-refractivity contribution < 1.29 is 32.5 Å². The first-order valence-corrected chi connectivity index (χ1v) is 10.5. The average Bonchev–Trinajstić information content (AvgIpc) is 2.58. The molecule has 1 aromatic carbocycles. The molecule has 1 rings (SSSR count). The molecular formula is C19H32N2O6P+. The molecule has 0 spiro atoms. The van der Waals surface area contributed by atoms with Crippen LogP contribution in [0.2, 0.25) is 0 Å². The number of esters is 1. The van der Waals surface area contributed by atoms with Crippen LogP contribution >= 0.6 is 7.82 Å². The average molecular weight is 415 g/mol. The van der Waals surface area contributed by atoms with Gasteiger partial charge in [0.1, 0.15) is 25.9 Å². The minimum absolute atomic E-state index is 0.0625. The Morgan fingerprint density at radius 3 is 2.50 bits per heavy atom. The molecule has 1 aromatic rings. The molecule has 8 nitrogen and oxygen atoms in total. The molecule has 0 aliphatic rings. The lowest BCUT2D eigenvalue weighted by Gasteiger charge is -2.25. The third-order valence-corrected chi connectivity index (χ3v) is 4.66. The highest BCUT2D eigenvalue weighted by Gasteiger charge is 2.28. The summed E-state index contributed by atoms with van der Waals surface area (Å²) >= 11 is 0. The maximum Gasteiger partial charge on any atom is 0.472 e. The van der Waals surface area contributed by atoms with Crippen molar-refractivity contribution in [1.29, 1.82) is 0 Å². The van der Waals surface area contributed by atoms with Crippen LogP contribution in [0.25, 0.3) is 0 Å². The second-order valence-electron chi connectivity index (χ2n) is 7.54. The molecule has 9 heteroatoms. The highest BCUT2D eigenvalue weighted by atomic mass is 31.2. The number of carbonyl (C=O) groups excluding carboxylic acids is 1. The van der Waals surface area contributed by atoms with Gasteiger partial charge in [0.15, 0.2) is 0 Å². The lowest BCUT2D eigenvalue weighted by Crippen LogP contribution is -2.37. The first-order valence-electron chi connectivity index (χ1n) is 9.02. The fourth-order valence-electron chi connectivity index (χ4n) is 2.04. The Hall–Kier alpha value is -1.54. The molecule has 0 aromatic heterocycles. The molecule has 0 heterocycles. The topological polar surface area (TPSA) is 94.1 Å². The predicted octanol–water partition coefficient (Wildman–Crippen LogP) is 2.10. The Kier molecular flexibility index (Phi) is 10.0. The van der Waals surface area contributed by atoms with Gasteiger partial charge in [-0.3, -0.25) is 9.05 Å². The fraction of sp³-hybridized carbons (Fsp3) is 0.526. The quantitative estimate of drug-likeness (QED) is 0.221. The first-order chi connectivity index (χ1) is 13.0. The van der Waals surface area contributed by atoms with Gasteiger partial charge in [-0.1, -0.05) is 36.9 Å². The van der Waals surface area contributed by atoms with E-state index in [0.717, 1.165) is 5.56 Å². The smallest absolute Gasteiger partial charge is 0.460 e. The summed E-state index contributed by atoms with van der Waals surface area (Å²) in [5.41, 5.74) is 1.29. The lowest BCUT2D eigenvalue weighted by molar-refractivity contribution is -0.870. The number of benzene rings is 1. The van der Waals surface area contributed by atoms with Crippen LogP contribution in [0.3, 0.4) is 0 Å². The van der Waals surface area contributed by atoms with Gasteiger partial charge in [0.2, 0.25) is 0 Å². The van der Waals surface area contributed by atoms with Gasteiger partial charge in [-0.2, -0.15) is 0 Å². The number of nitrogens with one attached hydrogen (secondary N) is 1. The van der Waals surface area contributed by atoms with Gasteiger partial charge in [-0.05, 0) is 12.5 Å². The van der Waals surface area contributed by atoms with Crippen molar-refractivity contribution in [3.8, 4) is 0 Å². The normalized spacial score (nSPS) is 14.9. The van der Waals surface area contributed by atoms with Gasteiger partial charge < -0.3 is 19.4 Å². The number of carbonyl (C=O) groups is 1. The molecule has 0 aliphatic carbocycles. The third kappa shape index (κ3) is 11.3. The van der Waals surface area contributed by atoms with Gasteiger partial charge in [0.25, 0.3) is 0 Å². The molecule has 2 atom stereocenters. The number of rotatable bonds is 13. The number of phosphoric acid groups is 1. The molecule has 28 heavy (non-hydrogen) atoms. The maximum atomic E-state index is 12.2. The van der Waals surface area contributed by atoms with E-state index >= 15 is 0 Å². The van der Waals surface area contributed by atoms with E-state index in [1.807, 2.05) is 51.5 Å². The van der Waals surface area contributed by atoms with Gasteiger partial charge in [0.05, 0.1) is 21.1 Å². The number of quaternary nitrogens is 1. The van der Waals surface area contributed by atoms with Crippen molar-refractivity contribution in [2.75, 3.05) is 47.4 Å². The lowest BCUT2D eigenvalue weighted by atomic mass is 10.2. The Morgan fingerprint density at radius 2 is 1.93 bits per heavy atom. The zero-order valence-electron chi connectivity index (χ0n) is 17.1. The monoisotopic (exact) mass is 415 g/mol. The first kappa shape index (κ1) is 24.5. The highest BCUT2D eigenvalue weighted by molar-refractivity contribution is 7.47. The van der Waals surface area contributed by atoms with Crippen LogP contribution in [0, 0.1) is 0 Å². The largest absolute Gasteiger partial charge is 0.472 e. The number of ether oxygens (including phenoxy) is 1. The molecule has 2 unspecified atom stereocenters. The Labute approximate surface area is 167 Å². The maximum absolute atomic E-state index is 12.2. The third-order valence-electron chi connectivity index (χ3n) is 3.59. The van der Waals surface area contributed by atoms with E-state index in [2.05, 4.69) is 11.9 Å². The molecule has 0 aliphatic heterocycles. The van der Waals surface area contributed by atoms with E-state index in [4.69, 9.17) is 13.8 Å². The van der Waals surface area contributed by atoms with Crippen molar-refractivity contribution in [2.24, 2.45) is 0 Å². The second-order valence-corrected chi connectivity index (χ2v) is 8.94. The molecule has 0 amide bonds. The van der Waals surface area contributed by atoms with E-state index in [9.17, 15) is 14.3 Å². The van der Waals surface area contributed by atoms with E-state index in [1.165, 1.54) is 6.92 Å². The number of phosphoric ester groups is 1. The zero-order chi connectivity index (χ0) is 21.2. The van der Waals surface area contributed by atoms with Crippen LogP contribution in [-0.4, -0.2) is 68.9 Å². The van der Waals surface area contributed by atoms with Gasteiger partial charge >= 0.3 is 13.8 Å². The summed E-state index contributed by atoms with van der Waals surface area (Å²) in [6, 6.07) is 9.66. The fourth-order valence-corrected chi connectivity index (χ4v) is 2.93. The standard InChI is InChI=1S/C19H31N2O6P/c1-16(2)19(22)25-15-18(14-20-13-17-9-7-6-8-10-17)27-28(23,24)26-12-11-21(3,4)5/h6-10,18,20H,1,11-15H2,2-5H3/p+1. The van der Waals surface area contributed by atoms with Crippen LogP contribution in [-0.2, 0) is 29.7 Å². The summed E-state index contributed by atoms with van der Waals surface area (Å²) in [4.78, 5) is 21.6. The summed E-state index contributed by atoms with van der Waals surface area (Å²) in [5.74, 6) is -0.588. The van der Waals surface area contributed by atoms with Crippen LogP contribution in [0.4, 0.5) is 0 Å². The highest BCUT2D eigenvalue weighted by Crippen LogP contribution is 2.44. The summed E-state index contributed by atoms with van der Waals surface area (Å²) < 4.78 is 28.2. The number of likely N-dealkylation sites (N-methyl/N-ethyl adjacent to an activating group) is 1. The minimum atomic E-state index is -4.29. The molecule has 2 N–H and O–H groups in total. The zero-order valence-corrected chi connectivity index (χ0v) is 18.0. The predicted molar refractivity (Wildman–Crippen MR) is 107 cm³/mol. The second kappa shape index (κ2) is 11.5. The molecule has 0 saturated heterocycles. The SMILES string of the molecule is C=C(C)C(=O)OCC(CNCc1ccccc1)OP(=O)(O)OCC[N+](C)(C)C. The van der Waals surface area contributed by atoms with Crippen LogP contribution in [0.5, 0.6) is 0 Å². The van der Waals surface area contributed by atoms with Crippen molar-refractivity contribution >= 4 is 13.8 Å². The molecule has 0 fully saturated rings.